The molecule has 0 fully saturated rings. The molecule has 3 rings (SSSR count). The lowest BCUT2D eigenvalue weighted by Gasteiger charge is -2.33. The van der Waals surface area contributed by atoms with Crippen molar-refractivity contribution in [1.82, 2.24) is 10.2 Å². The van der Waals surface area contributed by atoms with Gasteiger partial charge in [-0.2, -0.15) is 0 Å². The molecule has 0 aromatic heterocycles. The minimum Gasteiger partial charge on any atom is -0.354 e. The van der Waals surface area contributed by atoms with Gasteiger partial charge in [0.2, 0.25) is 21.8 Å². The number of carbonyl (C=O) groups excluding carboxylic acids is 2. The van der Waals surface area contributed by atoms with E-state index in [-0.39, 0.29) is 18.7 Å². The molecule has 0 saturated heterocycles. The Labute approximate surface area is 238 Å². The van der Waals surface area contributed by atoms with Crippen LogP contribution in [0.3, 0.4) is 0 Å². The highest BCUT2D eigenvalue weighted by Crippen LogP contribution is 2.23. The van der Waals surface area contributed by atoms with E-state index >= 15 is 0 Å². The summed E-state index contributed by atoms with van der Waals surface area (Å²) in [6.45, 7) is 1.64. The molecule has 11 heteroatoms. The molecule has 0 spiro atoms. The summed E-state index contributed by atoms with van der Waals surface area (Å²) in [4.78, 5) is 28.7. The maximum atomic E-state index is 14.0. The zero-order valence-corrected chi connectivity index (χ0v) is 23.9. The van der Waals surface area contributed by atoms with Crippen LogP contribution in [0.2, 0.25) is 5.02 Å². The second-order valence-electron chi connectivity index (χ2n) is 9.37. The maximum Gasteiger partial charge on any atom is 0.244 e. The third kappa shape index (κ3) is 8.76. The molecule has 0 aliphatic rings. The molecule has 0 heterocycles. The van der Waals surface area contributed by atoms with E-state index in [2.05, 4.69) is 5.32 Å². The van der Waals surface area contributed by atoms with Gasteiger partial charge in [0.05, 0.1) is 11.9 Å². The summed E-state index contributed by atoms with van der Waals surface area (Å²) in [5.74, 6) is -3.50. The Morgan fingerprint density at radius 2 is 1.62 bits per heavy atom. The molecule has 0 radical (unpaired) electrons. The minimum absolute atomic E-state index is 0.0237. The van der Waals surface area contributed by atoms with Crippen LogP contribution in [-0.4, -0.2) is 50.5 Å². The lowest BCUT2D eigenvalue weighted by molar-refractivity contribution is -0.140. The van der Waals surface area contributed by atoms with Crippen LogP contribution < -0.4 is 9.62 Å². The fourth-order valence-electron chi connectivity index (χ4n) is 4.10. The molecule has 3 aromatic rings. The van der Waals surface area contributed by atoms with Gasteiger partial charge in [-0.05, 0) is 41.8 Å². The van der Waals surface area contributed by atoms with Crippen molar-refractivity contribution in [3.05, 3.63) is 101 Å². The Morgan fingerprint density at radius 3 is 2.23 bits per heavy atom. The highest BCUT2D eigenvalue weighted by Gasteiger charge is 2.33. The van der Waals surface area contributed by atoms with Crippen molar-refractivity contribution in [2.24, 2.45) is 0 Å². The summed E-state index contributed by atoms with van der Waals surface area (Å²) in [5.41, 5.74) is 1.25. The van der Waals surface area contributed by atoms with Gasteiger partial charge in [0.25, 0.3) is 0 Å². The molecule has 7 nitrogen and oxygen atoms in total. The Bertz CT molecular complexity index is 1410. The van der Waals surface area contributed by atoms with Crippen molar-refractivity contribution in [3.63, 3.8) is 0 Å². The first-order valence-electron chi connectivity index (χ1n) is 12.8. The first kappa shape index (κ1) is 31.0. The highest BCUT2D eigenvalue weighted by atomic mass is 35.5. The van der Waals surface area contributed by atoms with Gasteiger partial charge in [-0.25, -0.2) is 17.2 Å². The smallest absolute Gasteiger partial charge is 0.244 e. The Hall–Kier alpha value is -3.50. The minimum atomic E-state index is -4.10. The Kier molecular flexibility index (Phi) is 11.0. The fraction of sp³-hybridized carbons (Fsp3) is 0.310. The number of sulfonamides is 1. The standard InChI is InChI=1S/C29H32ClF2N3O4S/c1-3-4-16-33-29(37)27(17-21-8-6-5-7-9-21)34(19-22-10-12-23(30)13-11-22)28(36)20-35(40(2,38)39)24-14-15-25(31)26(32)18-24/h5-15,18,27H,3-4,16-17,19-20H2,1-2H3,(H,33,37)/t27-/m0/s1. The van der Waals surface area contributed by atoms with Gasteiger partial charge in [-0.1, -0.05) is 67.4 Å². The van der Waals surface area contributed by atoms with Gasteiger partial charge in [0, 0.05) is 30.6 Å². The predicted octanol–water partition coefficient (Wildman–Crippen LogP) is 4.94. The highest BCUT2D eigenvalue weighted by molar-refractivity contribution is 7.92. The average Bonchev–Trinajstić information content (AvgIpc) is 2.92. The molecule has 0 bridgehead atoms. The van der Waals surface area contributed by atoms with Crippen LogP contribution in [0, 0.1) is 11.6 Å². The van der Waals surface area contributed by atoms with Crippen LogP contribution in [0.5, 0.6) is 0 Å². The number of anilines is 1. The van der Waals surface area contributed by atoms with Crippen molar-refractivity contribution in [2.45, 2.75) is 38.8 Å². The number of nitrogens with zero attached hydrogens (tertiary/aromatic N) is 2. The second-order valence-corrected chi connectivity index (χ2v) is 11.7. The van der Waals surface area contributed by atoms with E-state index in [0.29, 0.717) is 27.5 Å². The summed E-state index contributed by atoms with van der Waals surface area (Å²) >= 11 is 6.04. The number of halogens is 3. The van der Waals surface area contributed by atoms with Crippen molar-refractivity contribution in [3.8, 4) is 0 Å². The number of unbranched alkanes of at least 4 members (excludes halogenated alkanes) is 1. The predicted molar refractivity (Wildman–Crippen MR) is 152 cm³/mol. The number of rotatable bonds is 13. The van der Waals surface area contributed by atoms with Crippen molar-refractivity contribution in [2.75, 3.05) is 23.7 Å². The molecular weight excluding hydrogens is 560 g/mol. The van der Waals surface area contributed by atoms with Crippen LogP contribution in [0.1, 0.15) is 30.9 Å². The normalized spacial score (nSPS) is 12.0. The number of nitrogens with one attached hydrogen (secondary N) is 1. The summed E-state index contributed by atoms with van der Waals surface area (Å²) < 4.78 is 53.7. The van der Waals surface area contributed by atoms with E-state index in [0.717, 1.165) is 36.8 Å². The summed E-state index contributed by atoms with van der Waals surface area (Å²) in [6, 6.07) is 17.5. The molecule has 1 atom stereocenters. The molecule has 0 unspecified atom stereocenters. The summed E-state index contributed by atoms with van der Waals surface area (Å²) in [5, 5.41) is 3.37. The van der Waals surface area contributed by atoms with Crippen LogP contribution in [0.25, 0.3) is 0 Å². The zero-order valence-electron chi connectivity index (χ0n) is 22.3. The van der Waals surface area contributed by atoms with Crippen molar-refractivity contribution in [1.29, 1.82) is 0 Å². The zero-order chi connectivity index (χ0) is 29.3. The number of carbonyl (C=O) groups is 2. The molecule has 40 heavy (non-hydrogen) atoms. The quantitative estimate of drug-likeness (QED) is 0.285. The molecule has 3 aromatic carbocycles. The van der Waals surface area contributed by atoms with E-state index in [4.69, 9.17) is 11.6 Å². The van der Waals surface area contributed by atoms with Gasteiger partial charge in [-0.15, -0.1) is 0 Å². The third-order valence-corrected chi connectivity index (χ3v) is 7.63. The Morgan fingerprint density at radius 1 is 0.950 bits per heavy atom. The lowest BCUT2D eigenvalue weighted by Crippen LogP contribution is -2.53. The molecule has 0 aliphatic heterocycles. The van der Waals surface area contributed by atoms with E-state index in [1.807, 2.05) is 37.3 Å². The van der Waals surface area contributed by atoms with E-state index in [1.54, 1.807) is 24.3 Å². The molecule has 0 saturated carbocycles. The number of hydrogen-bond donors (Lipinski definition) is 1. The van der Waals surface area contributed by atoms with Crippen molar-refractivity contribution >= 4 is 39.1 Å². The topological polar surface area (TPSA) is 86.8 Å². The summed E-state index contributed by atoms with van der Waals surface area (Å²) in [7, 11) is -4.10. The van der Waals surface area contributed by atoms with Gasteiger partial charge in [0.15, 0.2) is 11.6 Å². The van der Waals surface area contributed by atoms with Gasteiger partial charge >= 0.3 is 0 Å². The monoisotopic (exact) mass is 591 g/mol. The van der Waals surface area contributed by atoms with Gasteiger partial charge in [0.1, 0.15) is 12.6 Å². The first-order chi connectivity index (χ1) is 19.0. The maximum absolute atomic E-state index is 14.0. The summed E-state index contributed by atoms with van der Waals surface area (Å²) in [6.07, 6.45) is 2.63. The van der Waals surface area contributed by atoms with Crippen molar-refractivity contribution < 1.29 is 26.8 Å². The fourth-order valence-corrected chi connectivity index (χ4v) is 5.07. The second kappa shape index (κ2) is 14.2. The molecule has 214 valence electrons. The number of hydrogen-bond acceptors (Lipinski definition) is 4. The average molecular weight is 592 g/mol. The Balaban J connectivity index is 2.03. The first-order valence-corrected chi connectivity index (χ1v) is 15.0. The van der Waals surface area contributed by atoms with Crippen LogP contribution >= 0.6 is 11.6 Å². The van der Waals surface area contributed by atoms with E-state index < -0.39 is 46.1 Å². The van der Waals surface area contributed by atoms with Crippen LogP contribution in [-0.2, 0) is 32.6 Å². The van der Waals surface area contributed by atoms with E-state index in [9.17, 15) is 26.8 Å². The third-order valence-electron chi connectivity index (χ3n) is 6.24. The molecule has 0 aliphatic carbocycles. The number of amides is 2. The lowest BCUT2D eigenvalue weighted by atomic mass is 10.0. The van der Waals surface area contributed by atoms with E-state index in [1.165, 1.54) is 4.90 Å². The van der Waals surface area contributed by atoms with Crippen LogP contribution in [0.4, 0.5) is 14.5 Å². The molecule has 1 N–H and O–H groups in total. The van der Waals surface area contributed by atoms with Gasteiger partial charge in [-0.3, -0.25) is 13.9 Å². The SMILES string of the molecule is CCCCNC(=O)[C@H](Cc1ccccc1)N(Cc1ccc(Cl)cc1)C(=O)CN(c1ccc(F)c(F)c1)S(C)(=O)=O. The molecule has 2 amide bonds. The van der Waals surface area contributed by atoms with Gasteiger partial charge < -0.3 is 10.2 Å². The molecular formula is C29H32ClF2N3O4S. The number of benzene rings is 3. The largest absolute Gasteiger partial charge is 0.354 e. The van der Waals surface area contributed by atoms with Crippen LogP contribution in [0.15, 0.2) is 72.8 Å².